The van der Waals surface area contributed by atoms with Crippen molar-refractivity contribution in [1.82, 2.24) is 20.9 Å². The molecule has 1 heterocycles. The van der Waals surface area contributed by atoms with Gasteiger partial charge in [-0.1, -0.05) is 18.2 Å². The number of carbonyl (C=O) groups excluding carboxylic acids is 3. The van der Waals surface area contributed by atoms with E-state index in [1.54, 1.807) is 6.20 Å². The van der Waals surface area contributed by atoms with Gasteiger partial charge in [0.25, 0.3) is 0 Å². The minimum absolute atomic E-state index is 0.249. The van der Waals surface area contributed by atoms with Crippen LogP contribution < -0.4 is 21.7 Å². The highest BCUT2D eigenvalue weighted by molar-refractivity contribution is 7.98. The number of fused-ring (bicyclic) bond motifs is 1. The van der Waals surface area contributed by atoms with E-state index in [2.05, 4.69) is 20.9 Å². The smallest absolute Gasteiger partial charge is 0.325 e. The quantitative estimate of drug-likeness (QED) is 0.193. The minimum atomic E-state index is -1.40. The molecular weight excluding hydrogens is 474 g/mol. The second kappa shape index (κ2) is 13.1. The van der Waals surface area contributed by atoms with Gasteiger partial charge in [-0.25, -0.2) is 0 Å². The number of aliphatic carboxylic acids is 1. The number of thioether (sulfide) groups is 1. The molecule has 11 nitrogen and oxygen atoms in total. The fourth-order valence-electron chi connectivity index (χ4n) is 3.44. The first kappa shape index (κ1) is 28.1. The Labute approximate surface area is 207 Å². The van der Waals surface area contributed by atoms with Gasteiger partial charge in [0.2, 0.25) is 17.7 Å². The molecule has 0 fully saturated rings. The second-order valence-electron chi connectivity index (χ2n) is 8.31. The molecule has 0 aliphatic carbocycles. The van der Waals surface area contributed by atoms with Crippen LogP contribution in [0.15, 0.2) is 30.5 Å². The van der Waals surface area contributed by atoms with E-state index in [9.17, 15) is 24.3 Å². The number of aromatic amines is 1. The normalized spacial score (nSPS) is 15.5. The van der Waals surface area contributed by atoms with E-state index in [0.717, 1.165) is 16.5 Å². The summed E-state index contributed by atoms with van der Waals surface area (Å²) in [5.74, 6) is -2.79. The summed E-state index contributed by atoms with van der Waals surface area (Å²) in [5, 5.41) is 27.2. The maximum atomic E-state index is 12.9. The van der Waals surface area contributed by atoms with Crippen LogP contribution in [0.2, 0.25) is 0 Å². The third kappa shape index (κ3) is 7.98. The SMILES string of the molecule is CSCCC(NC(=O)C(N)Cc1c[nH]c2ccccc12)C(=O)NC(C(=O)NC(C)C(=O)O)C(C)O. The molecule has 5 unspecified atom stereocenters. The van der Waals surface area contributed by atoms with Crippen molar-refractivity contribution in [1.29, 1.82) is 0 Å². The van der Waals surface area contributed by atoms with Crippen molar-refractivity contribution in [3.05, 3.63) is 36.0 Å². The topological polar surface area (TPSA) is 187 Å². The zero-order chi connectivity index (χ0) is 26.1. The lowest BCUT2D eigenvalue weighted by Crippen LogP contribution is -2.59. The van der Waals surface area contributed by atoms with E-state index in [1.165, 1.54) is 25.6 Å². The van der Waals surface area contributed by atoms with Gasteiger partial charge in [-0.3, -0.25) is 19.2 Å². The van der Waals surface area contributed by atoms with Gasteiger partial charge in [-0.05, 0) is 50.3 Å². The van der Waals surface area contributed by atoms with Crippen LogP contribution in [0.4, 0.5) is 0 Å². The second-order valence-corrected chi connectivity index (χ2v) is 9.29. The lowest BCUT2D eigenvalue weighted by atomic mass is 10.0. The van der Waals surface area contributed by atoms with E-state index in [-0.39, 0.29) is 12.8 Å². The number of amides is 3. The molecule has 2 aromatic rings. The van der Waals surface area contributed by atoms with E-state index >= 15 is 0 Å². The summed E-state index contributed by atoms with van der Waals surface area (Å²) in [6.45, 7) is 2.56. The molecule has 8 N–H and O–H groups in total. The first-order valence-electron chi connectivity index (χ1n) is 11.2. The number of H-pyrrole nitrogens is 1. The molecule has 12 heteroatoms. The average molecular weight is 508 g/mol. The summed E-state index contributed by atoms with van der Waals surface area (Å²) in [7, 11) is 0. The number of carboxylic acid groups (broad SMARTS) is 1. The molecule has 5 atom stereocenters. The van der Waals surface area contributed by atoms with Gasteiger partial charge >= 0.3 is 5.97 Å². The van der Waals surface area contributed by atoms with Crippen LogP contribution in [0.3, 0.4) is 0 Å². The van der Waals surface area contributed by atoms with Crippen LogP contribution in [0.25, 0.3) is 10.9 Å². The van der Waals surface area contributed by atoms with Crippen LogP contribution >= 0.6 is 11.8 Å². The molecule has 1 aromatic carbocycles. The number of para-hydroxylation sites is 1. The number of nitrogens with two attached hydrogens (primary N) is 1. The number of hydrogen-bond donors (Lipinski definition) is 7. The number of hydrogen-bond acceptors (Lipinski definition) is 7. The highest BCUT2D eigenvalue weighted by Crippen LogP contribution is 2.18. The fraction of sp³-hybridized carbons (Fsp3) is 0.478. The highest BCUT2D eigenvalue weighted by Gasteiger charge is 2.31. The minimum Gasteiger partial charge on any atom is -0.480 e. The van der Waals surface area contributed by atoms with Gasteiger partial charge in [0, 0.05) is 17.1 Å². The van der Waals surface area contributed by atoms with Gasteiger partial charge in [-0.2, -0.15) is 11.8 Å². The molecule has 192 valence electrons. The number of aliphatic hydroxyl groups is 1. The molecule has 0 saturated carbocycles. The van der Waals surface area contributed by atoms with E-state index in [0.29, 0.717) is 5.75 Å². The number of carboxylic acids is 1. The van der Waals surface area contributed by atoms with Crippen LogP contribution in [0.1, 0.15) is 25.8 Å². The monoisotopic (exact) mass is 507 g/mol. The number of aromatic nitrogens is 1. The summed E-state index contributed by atoms with van der Waals surface area (Å²) in [4.78, 5) is 52.4. The third-order valence-corrected chi connectivity index (χ3v) is 6.13. The molecule has 0 saturated heterocycles. The number of rotatable bonds is 13. The molecule has 0 bridgehead atoms. The maximum Gasteiger partial charge on any atom is 0.325 e. The Balaban J connectivity index is 2.08. The molecule has 2 rings (SSSR count). The average Bonchev–Trinajstić information content (AvgIpc) is 3.22. The lowest BCUT2D eigenvalue weighted by Gasteiger charge is -2.26. The summed E-state index contributed by atoms with van der Waals surface area (Å²) in [6.07, 6.45) is 2.84. The third-order valence-electron chi connectivity index (χ3n) is 5.49. The largest absolute Gasteiger partial charge is 0.480 e. The van der Waals surface area contributed by atoms with Crippen molar-refractivity contribution in [2.24, 2.45) is 5.73 Å². The Morgan fingerprint density at radius 2 is 1.74 bits per heavy atom. The van der Waals surface area contributed by atoms with Gasteiger partial charge in [0.15, 0.2) is 0 Å². The highest BCUT2D eigenvalue weighted by atomic mass is 32.2. The Kier molecular flexibility index (Phi) is 10.6. The predicted molar refractivity (Wildman–Crippen MR) is 134 cm³/mol. The number of benzene rings is 1. The van der Waals surface area contributed by atoms with Crippen LogP contribution in [0, 0.1) is 0 Å². The van der Waals surface area contributed by atoms with Crippen molar-refractivity contribution < 1.29 is 29.4 Å². The van der Waals surface area contributed by atoms with Crippen molar-refractivity contribution in [2.45, 2.75) is 57.0 Å². The van der Waals surface area contributed by atoms with Crippen LogP contribution in [-0.2, 0) is 25.6 Å². The predicted octanol–water partition coefficient (Wildman–Crippen LogP) is -0.269. The maximum absolute atomic E-state index is 12.9. The standard InChI is InChI=1S/C23H33N5O6S/c1-12(23(33)34)26-22(32)19(13(2)29)28-21(31)18(8-9-35-3)27-20(30)16(24)10-14-11-25-17-7-5-4-6-15(14)17/h4-7,11-13,16,18-19,25,29H,8-10,24H2,1-3H3,(H,26,32)(H,27,30)(H,28,31)(H,33,34). The summed E-state index contributed by atoms with van der Waals surface area (Å²) in [5.41, 5.74) is 7.93. The molecule has 0 aliphatic heterocycles. The summed E-state index contributed by atoms with van der Waals surface area (Å²) < 4.78 is 0. The summed E-state index contributed by atoms with van der Waals surface area (Å²) >= 11 is 1.47. The van der Waals surface area contributed by atoms with Gasteiger partial charge in [-0.15, -0.1) is 0 Å². The lowest BCUT2D eigenvalue weighted by molar-refractivity contribution is -0.142. The Bertz CT molecular complexity index is 1040. The summed E-state index contributed by atoms with van der Waals surface area (Å²) in [6, 6.07) is 3.08. The zero-order valence-electron chi connectivity index (χ0n) is 19.9. The number of carbonyl (C=O) groups is 4. The van der Waals surface area contributed by atoms with Crippen molar-refractivity contribution in [2.75, 3.05) is 12.0 Å². The van der Waals surface area contributed by atoms with E-state index in [1.807, 2.05) is 30.5 Å². The Hall–Kier alpha value is -3.09. The molecule has 0 aliphatic rings. The van der Waals surface area contributed by atoms with Gasteiger partial charge in [0.1, 0.15) is 18.1 Å². The molecule has 3 amide bonds. The van der Waals surface area contributed by atoms with Crippen molar-refractivity contribution >= 4 is 46.4 Å². The number of aliphatic hydroxyl groups excluding tert-OH is 1. The van der Waals surface area contributed by atoms with E-state index in [4.69, 9.17) is 10.8 Å². The molecular formula is C23H33N5O6S. The van der Waals surface area contributed by atoms with Crippen molar-refractivity contribution in [3.8, 4) is 0 Å². The zero-order valence-corrected chi connectivity index (χ0v) is 20.7. The Morgan fingerprint density at radius 1 is 1.06 bits per heavy atom. The van der Waals surface area contributed by atoms with Gasteiger partial charge < -0.3 is 36.9 Å². The molecule has 0 radical (unpaired) electrons. The van der Waals surface area contributed by atoms with Gasteiger partial charge in [0.05, 0.1) is 12.1 Å². The van der Waals surface area contributed by atoms with Crippen molar-refractivity contribution in [3.63, 3.8) is 0 Å². The number of nitrogens with one attached hydrogen (secondary N) is 4. The molecule has 1 aromatic heterocycles. The Morgan fingerprint density at radius 3 is 2.37 bits per heavy atom. The van der Waals surface area contributed by atoms with Crippen LogP contribution in [0.5, 0.6) is 0 Å². The first-order valence-corrected chi connectivity index (χ1v) is 12.6. The molecule has 35 heavy (non-hydrogen) atoms. The fourth-order valence-corrected chi connectivity index (χ4v) is 3.91. The van der Waals surface area contributed by atoms with E-state index < -0.39 is 54.0 Å². The first-order chi connectivity index (χ1) is 16.5. The molecule has 0 spiro atoms. The van der Waals surface area contributed by atoms with Crippen LogP contribution in [-0.4, -0.2) is 81.2 Å².